The Morgan fingerprint density at radius 1 is 0.941 bits per heavy atom. The van der Waals surface area contributed by atoms with E-state index >= 15 is 0 Å². The Hall–Kier alpha value is -4.72. The summed E-state index contributed by atoms with van der Waals surface area (Å²) in [6.45, 7) is 0.420. The van der Waals surface area contributed by atoms with E-state index in [1.807, 2.05) is 30.3 Å². The summed E-state index contributed by atoms with van der Waals surface area (Å²) in [6.07, 6.45) is 2.97. The molecule has 0 radical (unpaired) electrons. The van der Waals surface area contributed by atoms with Crippen molar-refractivity contribution in [2.75, 3.05) is 5.32 Å². The van der Waals surface area contributed by atoms with Crippen molar-refractivity contribution in [3.63, 3.8) is 0 Å². The molecule has 4 aromatic rings. The molecule has 0 fully saturated rings. The molecule has 8 nitrogen and oxygen atoms in total. The van der Waals surface area contributed by atoms with E-state index in [9.17, 15) is 14.4 Å². The number of hydrogen-bond donors (Lipinski definition) is 1. The van der Waals surface area contributed by atoms with E-state index in [2.05, 4.69) is 10.3 Å². The molecular formula is C26H19N3O5. The molecule has 1 aliphatic rings. The highest BCUT2D eigenvalue weighted by molar-refractivity contribution is 6.22. The van der Waals surface area contributed by atoms with Gasteiger partial charge in [0.05, 0.1) is 35.8 Å². The standard InChI is InChI=1S/C26H19N3O5/c30-24(28-19-9-11-23(27-14-19)34-16-17-5-2-1-3-6-17)18-8-10-21-22(13-18)26(32)29(25(21)31)15-20-7-4-12-33-20/h1-14H,15-16H2,(H,28,30). The molecule has 0 saturated carbocycles. The molecule has 8 heteroatoms. The lowest BCUT2D eigenvalue weighted by molar-refractivity contribution is 0.0631. The van der Waals surface area contributed by atoms with Crippen LogP contribution >= 0.6 is 0 Å². The monoisotopic (exact) mass is 453 g/mol. The highest BCUT2D eigenvalue weighted by Crippen LogP contribution is 2.26. The Balaban J connectivity index is 1.24. The Kier molecular flexibility index (Phi) is 5.61. The van der Waals surface area contributed by atoms with Crippen LogP contribution in [-0.2, 0) is 13.2 Å². The summed E-state index contributed by atoms with van der Waals surface area (Å²) >= 11 is 0. The number of amides is 3. The van der Waals surface area contributed by atoms with E-state index < -0.39 is 17.7 Å². The fourth-order valence-electron chi connectivity index (χ4n) is 3.61. The summed E-state index contributed by atoms with van der Waals surface area (Å²) in [7, 11) is 0. The summed E-state index contributed by atoms with van der Waals surface area (Å²) in [5.74, 6) is -0.380. The third-order valence-corrected chi connectivity index (χ3v) is 5.35. The lowest BCUT2D eigenvalue weighted by Crippen LogP contribution is -2.28. The number of furan rings is 1. The minimum atomic E-state index is -0.465. The Morgan fingerprint density at radius 3 is 2.50 bits per heavy atom. The number of hydrogen-bond acceptors (Lipinski definition) is 6. The van der Waals surface area contributed by atoms with Crippen molar-refractivity contribution in [3.8, 4) is 5.88 Å². The number of imide groups is 1. The molecular weight excluding hydrogens is 434 g/mol. The molecule has 0 spiro atoms. The van der Waals surface area contributed by atoms with Gasteiger partial charge in [-0.15, -0.1) is 0 Å². The van der Waals surface area contributed by atoms with Gasteiger partial charge >= 0.3 is 0 Å². The zero-order valence-corrected chi connectivity index (χ0v) is 17.9. The van der Waals surface area contributed by atoms with Crippen LogP contribution in [0.4, 0.5) is 5.69 Å². The number of nitrogens with zero attached hydrogens (tertiary/aromatic N) is 2. The average Bonchev–Trinajstić information content (AvgIpc) is 3.47. The fraction of sp³-hybridized carbons (Fsp3) is 0.0769. The van der Waals surface area contributed by atoms with Crippen molar-refractivity contribution in [1.29, 1.82) is 0 Å². The number of aromatic nitrogens is 1. The van der Waals surface area contributed by atoms with E-state index in [4.69, 9.17) is 9.15 Å². The molecule has 2 aromatic carbocycles. The van der Waals surface area contributed by atoms with Crippen LogP contribution in [0.1, 0.15) is 42.4 Å². The van der Waals surface area contributed by atoms with Gasteiger partial charge in [0.25, 0.3) is 17.7 Å². The van der Waals surface area contributed by atoms with Crippen LogP contribution in [0.15, 0.2) is 89.7 Å². The Morgan fingerprint density at radius 2 is 1.76 bits per heavy atom. The zero-order chi connectivity index (χ0) is 23.5. The van der Waals surface area contributed by atoms with Crippen molar-refractivity contribution in [2.45, 2.75) is 13.2 Å². The molecule has 0 atom stereocenters. The summed E-state index contributed by atoms with van der Waals surface area (Å²) in [6, 6.07) is 20.9. The predicted molar refractivity (Wildman–Crippen MR) is 122 cm³/mol. The molecule has 34 heavy (non-hydrogen) atoms. The number of anilines is 1. The van der Waals surface area contributed by atoms with Gasteiger partial charge in [-0.2, -0.15) is 0 Å². The molecule has 0 bridgehead atoms. The number of pyridine rings is 1. The topological polar surface area (TPSA) is 102 Å². The van der Waals surface area contributed by atoms with Gasteiger partial charge in [0.1, 0.15) is 12.4 Å². The first-order valence-corrected chi connectivity index (χ1v) is 10.6. The van der Waals surface area contributed by atoms with Crippen LogP contribution in [0.5, 0.6) is 5.88 Å². The van der Waals surface area contributed by atoms with E-state index in [-0.39, 0.29) is 23.2 Å². The molecule has 2 aromatic heterocycles. The number of ether oxygens (including phenoxy) is 1. The van der Waals surface area contributed by atoms with Crippen molar-refractivity contribution < 1.29 is 23.5 Å². The number of fused-ring (bicyclic) bond motifs is 1. The summed E-state index contributed by atoms with van der Waals surface area (Å²) in [5, 5.41) is 2.74. The Labute approximate surface area is 194 Å². The number of rotatable bonds is 7. The van der Waals surface area contributed by atoms with Crippen LogP contribution in [0.2, 0.25) is 0 Å². The van der Waals surface area contributed by atoms with Gasteiger partial charge in [-0.25, -0.2) is 4.98 Å². The van der Waals surface area contributed by atoms with Crippen LogP contribution < -0.4 is 10.1 Å². The normalized spacial score (nSPS) is 12.5. The third-order valence-electron chi connectivity index (χ3n) is 5.35. The number of nitrogens with one attached hydrogen (secondary N) is 1. The summed E-state index contributed by atoms with van der Waals surface area (Å²) < 4.78 is 10.9. The van der Waals surface area contributed by atoms with Gasteiger partial charge in [0.2, 0.25) is 5.88 Å². The van der Waals surface area contributed by atoms with E-state index in [1.165, 1.54) is 30.7 Å². The number of carbonyl (C=O) groups is 3. The lowest BCUT2D eigenvalue weighted by atomic mass is 10.1. The van der Waals surface area contributed by atoms with Crippen molar-refractivity contribution >= 4 is 23.4 Å². The second kappa shape index (κ2) is 9.03. The van der Waals surface area contributed by atoms with Crippen LogP contribution in [-0.4, -0.2) is 27.6 Å². The number of carbonyl (C=O) groups excluding carboxylic acids is 3. The first kappa shape index (κ1) is 21.1. The average molecular weight is 453 g/mol. The van der Waals surface area contributed by atoms with Gasteiger partial charge in [-0.1, -0.05) is 30.3 Å². The van der Waals surface area contributed by atoms with Gasteiger partial charge in [-0.3, -0.25) is 19.3 Å². The van der Waals surface area contributed by atoms with E-state index in [1.54, 1.807) is 24.3 Å². The third kappa shape index (κ3) is 4.29. The molecule has 3 amide bonds. The molecule has 0 aliphatic carbocycles. The minimum Gasteiger partial charge on any atom is -0.473 e. The molecule has 0 saturated heterocycles. The molecule has 3 heterocycles. The van der Waals surface area contributed by atoms with Crippen LogP contribution in [0.3, 0.4) is 0 Å². The Bertz CT molecular complexity index is 1350. The second-order valence-corrected chi connectivity index (χ2v) is 7.65. The molecule has 1 aliphatic heterocycles. The van der Waals surface area contributed by atoms with Crippen LogP contribution in [0, 0.1) is 0 Å². The van der Waals surface area contributed by atoms with Crippen LogP contribution in [0.25, 0.3) is 0 Å². The zero-order valence-electron chi connectivity index (χ0n) is 17.9. The SMILES string of the molecule is O=C(Nc1ccc(OCc2ccccc2)nc1)c1ccc2c(c1)C(=O)N(Cc1ccco1)C2=O. The van der Waals surface area contributed by atoms with E-state index in [0.29, 0.717) is 23.9 Å². The van der Waals surface area contributed by atoms with Gasteiger partial charge in [0, 0.05) is 11.6 Å². The minimum absolute atomic E-state index is 0.0330. The van der Waals surface area contributed by atoms with Crippen molar-refractivity contribution in [2.24, 2.45) is 0 Å². The van der Waals surface area contributed by atoms with Crippen molar-refractivity contribution in [3.05, 3.63) is 113 Å². The molecule has 1 N–H and O–H groups in total. The maximum absolute atomic E-state index is 12.8. The van der Waals surface area contributed by atoms with Crippen molar-refractivity contribution in [1.82, 2.24) is 9.88 Å². The first-order valence-electron chi connectivity index (χ1n) is 10.6. The molecule has 0 unspecified atom stereocenters. The molecule has 168 valence electrons. The van der Waals surface area contributed by atoms with Gasteiger partial charge < -0.3 is 14.5 Å². The maximum Gasteiger partial charge on any atom is 0.261 e. The highest BCUT2D eigenvalue weighted by Gasteiger charge is 2.36. The fourth-order valence-corrected chi connectivity index (χ4v) is 3.61. The van der Waals surface area contributed by atoms with Gasteiger partial charge in [0.15, 0.2) is 0 Å². The molecule has 5 rings (SSSR count). The van der Waals surface area contributed by atoms with Gasteiger partial charge in [-0.05, 0) is 42.0 Å². The quantitative estimate of drug-likeness (QED) is 0.419. The number of benzene rings is 2. The maximum atomic E-state index is 12.8. The summed E-state index contributed by atoms with van der Waals surface area (Å²) in [4.78, 5) is 43.5. The van der Waals surface area contributed by atoms with E-state index in [0.717, 1.165) is 10.5 Å². The highest BCUT2D eigenvalue weighted by atomic mass is 16.5. The predicted octanol–water partition coefficient (Wildman–Crippen LogP) is 4.30. The largest absolute Gasteiger partial charge is 0.473 e. The smallest absolute Gasteiger partial charge is 0.261 e. The lowest BCUT2D eigenvalue weighted by Gasteiger charge is -2.11. The first-order chi connectivity index (χ1) is 16.6. The second-order valence-electron chi connectivity index (χ2n) is 7.65. The summed E-state index contributed by atoms with van der Waals surface area (Å²) in [5.41, 5.74) is 2.19.